The highest BCUT2D eigenvalue weighted by atomic mass is 32.1. The fourth-order valence-corrected chi connectivity index (χ4v) is 2.39. The molecule has 0 aromatic heterocycles. The van der Waals surface area contributed by atoms with Crippen LogP contribution in [0.15, 0.2) is 24.3 Å². The molecular weight excluding hydrogens is 286 g/mol. The summed E-state index contributed by atoms with van der Waals surface area (Å²) >= 11 is 4.90. The number of carbonyl (C=O) groups is 1. The molecule has 0 spiro atoms. The lowest BCUT2D eigenvalue weighted by Gasteiger charge is -2.30. The van der Waals surface area contributed by atoms with Gasteiger partial charge in [0.05, 0.1) is 19.1 Å². The van der Waals surface area contributed by atoms with Gasteiger partial charge in [-0.2, -0.15) is 0 Å². The van der Waals surface area contributed by atoms with Crippen molar-refractivity contribution in [1.29, 1.82) is 0 Å². The number of likely N-dealkylation sites (N-methyl/N-ethyl adjacent to an activating group) is 1. The lowest BCUT2D eigenvalue weighted by Crippen LogP contribution is -2.46. The molecule has 0 saturated carbocycles. The van der Waals surface area contributed by atoms with Crippen LogP contribution < -0.4 is 11.1 Å². The molecule has 1 aromatic carbocycles. The number of nitrogens with zero attached hydrogens (tertiary/aromatic N) is 1. The molecule has 21 heavy (non-hydrogen) atoms. The number of rotatable bonds is 5. The molecule has 1 amide bonds. The molecule has 1 unspecified atom stereocenters. The Kier molecular flexibility index (Phi) is 5.67. The normalized spacial score (nSPS) is 19.2. The number of nitrogens with one attached hydrogen (secondary N) is 1. The van der Waals surface area contributed by atoms with Gasteiger partial charge in [-0.25, -0.2) is 0 Å². The van der Waals surface area contributed by atoms with Crippen molar-refractivity contribution < 1.29 is 9.53 Å². The molecule has 1 fully saturated rings. The maximum Gasteiger partial charge on any atom is 0.224 e. The lowest BCUT2D eigenvalue weighted by atomic mass is 10.1. The van der Waals surface area contributed by atoms with Crippen LogP contribution in [0.4, 0.5) is 0 Å². The third-order valence-electron chi connectivity index (χ3n) is 3.47. The van der Waals surface area contributed by atoms with Gasteiger partial charge in [-0.1, -0.05) is 36.5 Å². The molecule has 1 atom stereocenters. The number of amides is 1. The van der Waals surface area contributed by atoms with Crippen molar-refractivity contribution in [2.24, 2.45) is 5.73 Å². The molecule has 2 rings (SSSR count). The summed E-state index contributed by atoms with van der Waals surface area (Å²) in [5.74, 6) is -0.00472. The fourth-order valence-electron chi connectivity index (χ4n) is 2.25. The Morgan fingerprint density at radius 2 is 2.19 bits per heavy atom. The standard InChI is InChI=1S/C15H21N3O2S/c1-18-6-7-20-13(10-18)9-17-14(19)8-11-2-4-12(5-3-11)15(16)21/h2-5,13H,6-10H2,1H3,(H2,16,21)(H,17,19). The van der Waals surface area contributed by atoms with Crippen LogP contribution >= 0.6 is 12.2 Å². The monoisotopic (exact) mass is 307 g/mol. The molecule has 0 aliphatic carbocycles. The molecule has 0 bridgehead atoms. The number of thiocarbonyl (C=S) groups is 1. The van der Waals surface area contributed by atoms with Crippen molar-refractivity contribution in [2.75, 3.05) is 33.3 Å². The SMILES string of the molecule is CN1CCOC(CNC(=O)Cc2ccc(C(N)=S)cc2)C1. The number of carbonyl (C=O) groups excluding carboxylic acids is 1. The average molecular weight is 307 g/mol. The second-order valence-electron chi connectivity index (χ2n) is 5.30. The summed E-state index contributed by atoms with van der Waals surface area (Å²) in [7, 11) is 2.06. The van der Waals surface area contributed by atoms with Crippen LogP contribution in [0, 0.1) is 0 Å². The molecule has 114 valence electrons. The summed E-state index contributed by atoms with van der Waals surface area (Å²) < 4.78 is 5.61. The molecule has 1 aromatic rings. The fraction of sp³-hybridized carbons (Fsp3) is 0.467. The maximum atomic E-state index is 11.9. The number of hydrogen-bond donors (Lipinski definition) is 2. The number of morpholine rings is 1. The molecular formula is C15H21N3O2S. The molecule has 0 radical (unpaired) electrons. The zero-order valence-electron chi connectivity index (χ0n) is 12.2. The summed E-state index contributed by atoms with van der Waals surface area (Å²) in [4.78, 5) is 14.5. The highest BCUT2D eigenvalue weighted by Crippen LogP contribution is 2.06. The van der Waals surface area contributed by atoms with E-state index in [2.05, 4.69) is 17.3 Å². The first-order chi connectivity index (χ1) is 10.0. The van der Waals surface area contributed by atoms with Crippen LogP contribution in [-0.2, 0) is 16.0 Å². The smallest absolute Gasteiger partial charge is 0.224 e. The first-order valence-electron chi connectivity index (χ1n) is 7.00. The topological polar surface area (TPSA) is 67.6 Å². The highest BCUT2D eigenvalue weighted by molar-refractivity contribution is 7.80. The Balaban J connectivity index is 1.77. The second-order valence-corrected chi connectivity index (χ2v) is 5.74. The van der Waals surface area contributed by atoms with E-state index in [0.717, 1.165) is 30.8 Å². The van der Waals surface area contributed by atoms with Gasteiger partial charge in [0.15, 0.2) is 0 Å². The summed E-state index contributed by atoms with van der Waals surface area (Å²) in [6.07, 6.45) is 0.421. The number of hydrogen-bond acceptors (Lipinski definition) is 4. The van der Waals surface area contributed by atoms with Crippen molar-refractivity contribution in [3.63, 3.8) is 0 Å². The lowest BCUT2D eigenvalue weighted by molar-refractivity contribution is -0.121. The zero-order valence-corrected chi connectivity index (χ0v) is 13.0. The summed E-state index contributed by atoms with van der Waals surface area (Å²) in [6, 6.07) is 7.42. The summed E-state index contributed by atoms with van der Waals surface area (Å²) in [5.41, 5.74) is 7.29. The quantitative estimate of drug-likeness (QED) is 0.767. The Bertz CT molecular complexity index is 504. The van der Waals surface area contributed by atoms with E-state index in [-0.39, 0.29) is 12.0 Å². The molecule has 1 saturated heterocycles. The third kappa shape index (κ3) is 5.08. The van der Waals surface area contributed by atoms with Crippen molar-refractivity contribution in [3.05, 3.63) is 35.4 Å². The predicted molar refractivity (Wildman–Crippen MR) is 86.3 cm³/mol. The van der Waals surface area contributed by atoms with Crippen LogP contribution in [-0.4, -0.2) is 55.2 Å². The molecule has 1 aliphatic rings. The van der Waals surface area contributed by atoms with Gasteiger partial charge in [0.2, 0.25) is 5.91 Å². The molecule has 3 N–H and O–H groups in total. The third-order valence-corrected chi connectivity index (χ3v) is 3.71. The van der Waals surface area contributed by atoms with Gasteiger partial charge >= 0.3 is 0 Å². The summed E-state index contributed by atoms with van der Waals surface area (Å²) in [5, 5.41) is 2.92. The Labute approximate surface area is 130 Å². The maximum absolute atomic E-state index is 11.9. The van der Waals surface area contributed by atoms with Crippen molar-refractivity contribution in [2.45, 2.75) is 12.5 Å². The largest absolute Gasteiger partial charge is 0.389 e. The van der Waals surface area contributed by atoms with E-state index in [1.54, 1.807) is 0 Å². The number of ether oxygens (including phenoxy) is 1. The van der Waals surface area contributed by atoms with Gasteiger partial charge in [-0.15, -0.1) is 0 Å². The van der Waals surface area contributed by atoms with Gasteiger partial charge in [0, 0.05) is 25.2 Å². The average Bonchev–Trinajstić information content (AvgIpc) is 2.46. The van der Waals surface area contributed by atoms with Crippen LogP contribution in [0.3, 0.4) is 0 Å². The van der Waals surface area contributed by atoms with Crippen molar-refractivity contribution in [3.8, 4) is 0 Å². The minimum Gasteiger partial charge on any atom is -0.389 e. The Morgan fingerprint density at radius 3 is 2.81 bits per heavy atom. The number of nitrogens with two attached hydrogens (primary N) is 1. The van der Waals surface area contributed by atoms with Gasteiger partial charge in [0.25, 0.3) is 0 Å². The Hall–Kier alpha value is -1.50. The predicted octanol–water partition coefficient (Wildman–Crippen LogP) is 0.310. The van der Waals surface area contributed by atoms with Gasteiger partial charge < -0.3 is 20.7 Å². The highest BCUT2D eigenvalue weighted by Gasteiger charge is 2.18. The van der Waals surface area contributed by atoms with Crippen LogP contribution in [0.25, 0.3) is 0 Å². The molecule has 6 heteroatoms. The number of benzene rings is 1. The first kappa shape index (κ1) is 15.9. The van der Waals surface area contributed by atoms with Gasteiger partial charge in [-0.3, -0.25) is 4.79 Å². The minimum absolute atomic E-state index is 0.00472. The zero-order chi connectivity index (χ0) is 15.2. The van der Waals surface area contributed by atoms with Crippen LogP contribution in [0.5, 0.6) is 0 Å². The summed E-state index contributed by atoms with van der Waals surface area (Å²) in [6.45, 7) is 3.06. The molecule has 5 nitrogen and oxygen atoms in total. The van der Waals surface area contributed by atoms with Crippen LogP contribution in [0.1, 0.15) is 11.1 Å². The second kappa shape index (κ2) is 7.49. The van der Waals surface area contributed by atoms with Crippen molar-refractivity contribution >= 4 is 23.1 Å². The molecule has 1 aliphatic heterocycles. The van der Waals surface area contributed by atoms with Crippen LogP contribution in [0.2, 0.25) is 0 Å². The molecule has 1 heterocycles. The van der Waals surface area contributed by atoms with E-state index in [1.807, 2.05) is 24.3 Å². The van der Waals surface area contributed by atoms with E-state index in [4.69, 9.17) is 22.7 Å². The van der Waals surface area contributed by atoms with E-state index < -0.39 is 0 Å². The van der Waals surface area contributed by atoms with E-state index in [1.165, 1.54) is 0 Å². The van der Waals surface area contributed by atoms with Gasteiger partial charge in [0.1, 0.15) is 4.99 Å². The van der Waals surface area contributed by atoms with E-state index >= 15 is 0 Å². The van der Waals surface area contributed by atoms with E-state index in [0.29, 0.717) is 18.0 Å². The van der Waals surface area contributed by atoms with E-state index in [9.17, 15) is 4.79 Å². The van der Waals surface area contributed by atoms with Crippen molar-refractivity contribution in [1.82, 2.24) is 10.2 Å². The minimum atomic E-state index is -0.00472. The van der Waals surface area contributed by atoms with Gasteiger partial charge in [-0.05, 0) is 12.6 Å². The first-order valence-corrected chi connectivity index (χ1v) is 7.41. The Morgan fingerprint density at radius 1 is 1.48 bits per heavy atom.